The van der Waals surface area contributed by atoms with E-state index in [0.717, 1.165) is 5.56 Å². The summed E-state index contributed by atoms with van der Waals surface area (Å²) < 4.78 is 10.6. The molecule has 8 nitrogen and oxygen atoms in total. The molecule has 1 heterocycles. The number of fused-ring (bicyclic) bond motifs is 1. The second-order valence-corrected chi connectivity index (χ2v) is 6.41. The van der Waals surface area contributed by atoms with Crippen LogP contribution in [0.15, 0.2) is 54.2 Å². The third-order valence-electron chi connectivity index (χ3n) is 4.15. The predicted octanol–water partition coefficient (Wildman–Crippen LogP) is 1.70. The molecule has 0 saturated carbocycles. The quantitative estimate of drug-likeness (QED) is 0.614. The molecule has 0 unspecified atom stereocenters. The summed E-state index contributed by atoms with van der Waals surface area (Å²) in [5, 5.41) is 14.4. The first-order valence-electron chi connectivity index (χ1n) is 8.89. The van der Waals surface area contributed by atoms with Gasteiger partial charge in [0.25, 0.3) is 5.91 Å². The monoisotopic (exact) mass is 396 g/mol. The van der Waals surface area contributed by atoms with Crippen LogP contribution in [0, 0.1) is 0 Å². The van der Waals surface area contributed by atoms with Crippen molar-refractivity contribution in [3.05, 3.63) is 65.4 Å². The van der Waals surface area contributed by atoms with Gasteiger partial charge in [0.05, 0.1) is 0 Å². The van der Waals surface area contributed by atoms with Crippen molar-refractivity contribution in [2.75, 3.05) is 6.79 Å². The maximum absolute atomic E-state index is 12.7. The van der Waals surface area contributed by atoms with Gasteiger partial charge in [-0.1, -0.05) is 36.4 Å². The van der Waals surface area contributed by atoms with Gasteiger partial charge in [-0.3, -0.25) is 9.59 Å². The number of carbonyl (C=O) groups excluding carboxylic acids is 2. The molecule has 2 aromatic carbocycles. The van der Waals surface area contributed by atoms with E-state index in [0.29, 0.717) is 17.1 Å². The van der Waals surface area contributed by atoms with Crippen molar-refractivity contribution in [3.8, 4) is 11.5 Å². The van der Waals surface area contributed by atoms with Crippen LogP contribution in [0.4, 0.5) is 0 Å². The molecule has 8 heteroatoms. The highest BCUT2D eigenvalue weighted by atomic mass is 16.7. The standard InChI is InChI=1S/C21H20N2O6/c1-13(24)22-16(10-15-7-8-18-19(11-15)29-12-28-18)20(25)23-17(21(26)27)9-14-5-3-2-4-6-14/h2-8,10-11,17H,9,12H2,1H3,(H,22,24)(H,23,25)(H,26,27)/b16-10+/t17-/m0/s1. The molecular formula is C21H20N2O6. The summed E-state index contributed by atoms with van der Waals surface area (Å²) in [5.74, 6) is -1.23. The molecule has 29 heavy (non-hydrogen) atoms. The second-order valence-electron chi connectivity index (χ2n) is 6.41. The van der Waals surface area contributed by atoms with Crippen LogP contribution in [0.5, 0.6) is 11.5 Å². The summed E-state index contributed by atoms with van der Waals surface area (Å²) >= 11 is 0. The third kappa shape index (κ3) is 5.35. The highest BCUT2D eigenvalue weighted by Crippen LogP contribution is 2.33. The number of benzene rings is 2. The molecule has 1 atom stereocenters. The van der Waals surface area contributed by atoms with Crippen molar-refractivity contribution in [1.82, 2.24) is 10.6 Å². The Hall–Kier alpha value is -3.81. The van der Waals surface area contributed by atoms with E-state index in [-0.39, 0.29) is 18.9 Å². The molecule has 3 rings (SSSR count). The maximum atomic E-state index is 12.7. The highest BCUT2D eigenvalue weighted by molar-refractivity contribution is 6.02. The predicted molar refractivity (Wildman–Crippen MR) is 104 cm³/mol. The Balaban J connectivity index is 1.80. The fourth-order valence-electron chi connectivity index (χ4n) is 2.80. The summed E-state index contributed by atoms with van der Waals surface area (Å²) in [4.78, 5) is 35.9. The van der Waals surface area contributed by atoms with Crippen molar-refractivity contribution in [2.24, 2.45) is 0 Å². The molecule has 1 aliphatic rings. The van der Waals surface area contributed by atoms with E-state index in [2.05, 4.69) is 10.6 Å². The van der Waals surface area contributed by atoms with Crippen LogP contribution in [-0.4, -0.2) is 35.7 Å². The Morgan fingerprint density at radius 3 is 2.52 bits per heavy atom. The third-order valence-corrected chi connectivity index (χ3v) is 4.15. The topological polar surface area (TPSA) is 114 Å². The first-order chi connectivity index (χ1) is 13.9. The molecule has 2 amide bonds. The molecule has 0 saturated heterocycles. The minimum atomic E-state index is -1.17. The summed E-state index contributed by atoms with van der Waals surface area (Å²) in [7, 11) is 0. The van der Waals surface area contributed by atoms with E-state index in [1.165, 1.54) is 13.0 Å². The minimum absolute atomic E-state index is 0.0734. The van der Waals surface area contributed by atoms with Gasteiger partial charge in [0.2, 0.25) is 12.7 Å². The SMILES string of the molecule is CC(=O)N/C(=C/c1ccc2c(c1)OCO2)C(=O)N[C@@H](Cc1ccccc1)C(=O)O. The summed E-state index contributed by atoms with van der Waals surface area (Å²) in [6.07, 6.45) is 1.55. The minimum Gasteiger partial charge on any atom is -0.480 e. The Morgan fingerprint density at radius 2 is 1.83 bits per heavy atom. The molecule has 150 valence electrons. The lowest BCUT2D eigenvalue weighted by molar-refractivity contribution is -0.141. The van der Waals surface area contributed by atoms with Crippen molar-refractivity contribution in [2.45, 2.75) is 19.4 Å². The fraction of sp³-hybridized carbons (Fsp3) is 0.190. The zero-order valence-corrected chi connectivity index (χ0v) is 15.7. The van der Waals surface area contributed by atoms with Gasteiger partial charge in [0, 0.05) is 13.3 Å². The van der Waals surface area contributed by atoms with Crippen LogP contribution in [0.2, 0.25) is 0 Å². The average molecular weight is 396 g/mol. The van der Waals surface area contributed by atoms with Crippen molar-refractivity contribution < 1.29 is 29.0 Å². The highest BCUT2D eigenvalue weighted by Gasteiger charge is 2.23. The van der Waals surface area contributed by atoms with Gasteiger partial charge >= 0.3 is 5.97 Å². The normalized spacial score (nSPS) is 13.5. The number of aliphatic carboxylic acids is 1. The van der Waals surface area contributed by atoms with Gasteiger partial charge < -0.3 is 25.2 Å². The molecule has 0 radical (unpaired) electrons. The van der Waals surface area contributed by atoms with Gasteiger partial charge in [-0.05, 0) is 29.3 Å². The molecule has 3 N–H and O–H groups in total. The number of rotatable bonds is 7. The van der Waals surface area contributed by atoms with E-state index >= 15 is 0 Å². The van der Waals surface area contributed by atoms with Gasteiger partial charge in [-0.25, -0.2) is 4.79 Å². The summed E-state index contributed by atoms with van der Waals surface area (Å²) in [5.41, 5.74) is 1.28. The molecule has 0 bridgehead atoms. The molecule has 0 spiro atoms. The average Bonchev–Trinajstić information content (AvgIpc) is 3.15. The summed E-state index contributed by atoms with van der Waals surface area (Å²) in [6.45, 7) is 1.38. The Kier molecular flexibility index (Phi) is 6.13. The fourth-order valence-corrected chi connectivity index (χ4v) is 2.80. The number of carbonyl (C=O) groups is 3. The van der Waals surface area contributed by atoms with Crippen LogP contribution in [-0.2, 0) is 20.8 Å². The van der Waals surface area contributed by atoms with E-state index in [1.54, 1.807) is 42.5 Å². The lowest BCUT2D eigenvalue weighted by Gasteiger charge is -2.16. The number of amides is 2. The summed E-state index contributed by atoms with van der Waals surface area (Å²) in [6, 6.07) is 12.8. The van der Waals surface area contributed by atoms with Crippen molar-refractivity contribution in [3.63, 3.8) is 0 Å². The molecule has 0 aromatic heterocycles. The molecule has 2 aromatic rings. The van der Waals surface area contributed by atoms with Gasteiger partial charge in [-0.15, -0.1) is 0 Å². The number of nitrogens with one attached hydrogen (secondary N) is 2. The number of carboxylic acid groups (broad SMARTS) is 1. The molecular weight excluding hydrogens is 376 g/mol. The van der Waals surface area contributed by atoms with Crippen LogP contribution in [0.25, 0.3) is 6.08 Å². The Morgan fingerprint density at radius 1 is 1.10 bits per heavy atom. The molecule has 0 aliphatic carbocycles. The van der Waals surface area contributed by atoms with E-state index in [1.807, 2.05) is 6.07 Å². The van der Waals surface area contributed by atoms with Crippen LogP contribution in [0.1, 0.15) is 18.1 Å². The Bertz CT molecular complexity index is 955. The van der Waals surface area contributed by atoms with E-state index in [9.17, 15) is 19.5 Å². The van der Waals surface area contributed by atoms with Crippen molar-refractivity contribution in [1.29, 1.82) is 0 Å². The van der Waals surface area contributed by atoms with Crippen LogP contribution in [0.3, 0.4) is 0 Å². The van der Waals surface area contributed by atoms with Gasteiger partial charge in [0.15, 0.2) is 11.5 Å². The largest absolute Gasteiger partial charge is 0.480 e. The van der Waals surface area contributed by atoms with E-state index in [4.69, 9.17) is 9.47 Å². The van der Waals surface area contributed by atoms with E-state index < -0.39 is 23.8 Å². The second kappa shape index (κ2) is 8.92. The Labute approximate surface area is 167 Å². The number of ether oxygens (including phenoxy) is 2. The number of carboxylic acids is 1. The lowest BCUT2D eigenvalue weighted by Crippen LogP contribution is -2.45. The van der Waals surface area contributed by atoms with Gasteiger partial charge in [-0.2, -0.15) is 0 Å². The first kappa shape index (κ1) is 19.9. The van der Waals surface area contributed by atoms with Crippen molar-refractivity contribution >= 4 is 23.9 Å². The smallest absolute Gasteiger partial charge is 0.326 e. The number of hydrogen-bond acceptors (Lipinski definition) is 5. The molecule has 0 fully saturated rings. The zero-order valence-electron chi connectivity index (χ0n) is 15.7. The van der Waals surface area contributed by atoms with Crippen LogP contribution >= 0.6 is 0 Å². The van der Waals surface area contributed by atoms with Crippen LogP contribution < -0.4 is 20.1 Å². The first-order valence-corrected chi connectivity index (χ1v) is 8.89. The zero-order chi connectivity index (χ0) is 20.8. The maximum Gasteiger partial charge on any atom is 0.326 e. The lowest BCUT2D eigenvalue weighted by atomic mass is 10.1. The molecule has 1 aliphatic heterocycles. The van der Waals surface area contributed by atoms with Gasteiger partial charge in [0.1, 0.15) is 11.7 Å². The number of hydrogen-bond donors (Lipinski definition) is 3.